The molecule has 0 bridgehead atoms. The minimum atomic E-state index is -0.547. The molecule has 0 atom stereocenters. The number of anilines is 1. The fourth-order valence-electron chi connectivity index (χ4n) is 2.88. The monoisotopic (exact) mass is 496 g/mol. The molecule has 0 unspecified atom stereocenters. The molecule has 2 aromatic carbocycles. The summed E-state index contributed by atoms with van der Waals surface area (Å²) >= 11 is 4.72. The Morgan fingerprint density at radius 1 is 1.16 bits per heavy atom. The summed E-state index contributed by atoms with van der Waals surface area (Å²) in [5.74, 6) is -0.388. The van der Waals surface area contributed by atoms with Gasteiger partial charge in [0.1, 0.15) is 18.1 Å². The van der Waals surface area contributed by atoms with Gasteiger partial charge in [0.05, 0.1) is 11.3 Å². The van der Waals surface area contributed by atoms with Gasteiger partial charge in [-0.2, -0.15) is 0 Å². The van der Waals surface area contributed by atoms with Gasteiger partial charge in [-0.25, -0.2) is 4.98 Å². The lowest BCUT2D eigenvalue weighted by Crippen LogP contribution is -2.13. The maximum atomic E-state index is 12.8. The number of hydrogen-bond acceptors (Lipinski definition) is 5. The first-order valence-electron chi connectivity index (χ1n) is 9.21. The predicted molar refractivity (Wildman–Crippen MR) is 123 cm³/mol. The topological polar surface area (TPSA) is 110 Å². The number of nitrogens with one attached hydrogen (secondary N) is 2. The number of nitrogens with two attached hydrogens (primary N) is 1. The zero-order valence-corrected chi connectivity index (χ0v) is 18.5. The number of primary amides is 1. The van der Waals surface area contributed by atoms with Crippen molar-refractivity contribution in [3.05, 3.63) is 87.5 Å². The van der Waals surface area contributed by atoms with Crippen LogP contribution in [0.3, 0.4) is 0 Å². The van der Waals surface area contributed by atoms with Gasteiger partial charge < -0.3 is 15.5 Å². The predicted octanol–water partition coefficient (Wildman–Crippen LogP) is 4.83. The standard InChI is InChI=1S/C22H17BrN4O3S/c23-15-5-3-4-13(8-15)11-30-19-7-2-1-6-16(19)21(29)27-22-26-18(12-31-22)14-9-17(20(24)28)25-10-14/h1-10,12,25H,11H2,(H2,24,28)(H,26,27,29). The first kappa shape index (κ1) is 20.8. The van der Waals surface area contributed by atoms with Gasteiger partial charge in [0.25, 0.3) is 11.8 Å². The SMILES string of the molecule is NC(=O)c1cc(-c2csc(NC(=O)c3ccccc3OCc3cccc(Br)c3)n2)c[nH]1. The number of amides is 2. The van der Waals surface area contributed by atoms with Crippen molar-refractivity contribution in [2.75, 3.05) is 5.32 Å². The third-order valence-corrected chi connectivity index (χ3v) is 5.63. The molecule has 2 amide bonds. The van der Waals surface area contributed by atoms with Crippen LogP contribution >= 0.6 is 27.3 Å². The molecule has 0 aliphatic rings. The van der Waals surface area contributed by atoms with Crippen LogP contribution < -0.4 is 15.8 Å². The highest BCUT2D eigenvalue weighted by Gasteiger charge is 2.15. The van der Waals surface area contributed by atoms with E-state index in [1.807, 2.05) is 30.3 Å². The average Bonchev–Trinajstić information content (AvgIpc) is 3.42. The van der Waals surface area contributed by atoms with Crippen LogP contribution in [0.5, 0.6) is 5.75 Å². The van der Waals surface area contributed by atoms with Crippen LogP contribution in [0.15, 0.2) is 70.6 Å². The molecule has 2 heterocycles. The Morgan fingerprint density at radius 2 is 2.00 bits per heavy atom. The van der Waals surface area contributed by atoms with Gasteiger partial charge in [0.2, 0.25) is 0 Å². The number of hydrogen-bond donors (Lipinski definition) is 3. The second-order valence-corrected chi connectivity index (χ2v) is 8.35. The van der Waals surface area contributed by atoms with Gasteiger partial charge in [0, 0.05) is 21.6 Å². The van der Waals surface area contributed by atoms with E-state index in [1.165, 1.54) is 11.3 Å². The minimum absolute atomic E-state index is 0.296. The smallest absolute Gasteiger partial charge is 0.265 e. The van der Waals surface area contributed by atoms with E-state index in [2.05, 4.69) is 31.2 Å². The largest absolute Gasteiger partial charge is 0.488 e. The van der Waals surface area contributed by atoms with E-state index < -0.39 is 5.91 Å². The highest BCUT2D eigenvalue weighted by molar-refractivity contribution is 9.10. The number of rotatable bonds is 7. The van der Waals surface area contributed by atoms with E-state index >= 15 is 0 Å². The maximum absolute atomic E-state index is 12.8. The van der Waals surface area contributed by atoms with Crippen molar-refractivity contribution in [2.24, 2.45) is 5.73 Å². The molecule has 0 saturated carbocycles. The number of H-pyrrole nitrogens is 1. The van der Waals surface area contributed by atoms with E-state index in [0.29, 0.717) is 40.0 Å². The summed E-state index contributed by atoms with van der Waals surface area (Å²) in [4.78, 5) is 31.3. The first-order valence-corrected chi connectivity index (χ1v) is 10.9. The van der Waals surface area contributed by atoms with E-state index in [9.17, 15) is 9.59 Å². The summed E-state index contributed by atoms with van der Waals surface area (Å²) in [5.41, 5.74) is 8.29. The van der Waals surface area contributed by atoms with Crippen LogP contribution in [0.4, 0.5) is 5.13 Å². The number of ether oxygens (including phenoxy) is 1. The number of carbonyl (C=O) groups is 2. The van der Waals surface area contributed by atoms with E-state index in [-0.39, 0.29) is 5.91 Å². The number of aromatic amines is 1. The molecule has 156 valence electrons. The molecule has 0 fully saturated rings. The Hall–Kier alpha value is -3.43. The molecule has 0 saturated heterocycles. The van der Waals surface area contributed by atoms with Crippen LogP contribution in [0, 0.1) is 0 Å². The van der Waals surface area contributed by atoms with Crippen LogP contribution in [-0.2, 0) is 6.61 Å². The van der Waals surface area contributed by atoms with Crippen molar-refractivity contribution >= 4 is 44.2 Å². The third-order valence-electron chi connectivity index (χ3n) is 4.38. The van der Waals surface area contributed by atoms with Crippen LogP contribution in [-0.4, -0.2) is 21.8 Å². The summed E-state index contributed by atoms with van der Waals surface area (Å²) in [6.07, 6.45) is 1.64. The fourth-order valence-corrected chi connectivity index (χ4v) is 4.04. The summed E-state index contributed by atoms with van der Waals surface area (Å²) in [5, 5.41) is 5.03. The van der Waals surface area contributed by atoms with Gasteiger partial charge >= 0.3 is 0 Å². The molecular weight excluding hydrogens is 480 g/mol. The maximum Gasteiger partial charge on any atom is 0.265 e. The third kappa shape index (κ3) is 5.01. The molecule has 0 spiro atoms. The molecule has 0 aliphatic heterocycles. The second kappa shape index (κ2) is 9.15. The number of para-hydroxylation sites is 1. The van der Waals surface area contributed by atoms with Crippen molar-refractivity contribution in [2.45, 2.75) is 6.61 Å². The van der Waals surface area contributed by atoms with Crippen molar-refractivity contribution in [3.63, 3.8) is 0 Å². The molecule has 4 N–H and O–H groups in total. The van der Waals surface area contributed by atoms with Gasteiger partial charge in [-0.05, 0) is 35.9 Å². The van der Waals surface area contributed by atoms with Crippen molar-refractivity contribution in [1.29, 1.82) is 0 Å². The van der Waals surface area contributed by atoms with Crippen molar-refractivity contribution < 1.29 is 14.3 Å². The number of halogens is 1. The van der Waals surface area contributed by atoms with E-state index in [0.717, 1.165) is 10.0 Å². The summed E-state index contributed by atoms with van der Waals surface area (Å²) in [7, 11) is 0. The van der Waals surface area contributed by atoms with Gasteiger partial charge in [-0.3, -0.25) is 14.9 Å². The number of nitrogens with zero attached hydrogens (tertiary/aromatic N) is 1. The molecule has 9 heteroatoms. The molecule has 0 radical (unpaired) electrons. The molecular formula is C22H17BrN4O3S. The zero-order valence-electron chi connectivity index (χ0n) is 16.1. The summed E-state index contributed by atoms with van der Waals surface area (Å²) in [6, 6.07) is 16.5. The first-order chi connectivity index (χ1) is 15.0. The quantitative estimate of drug-likeness (QED) is 0.340. The highest BCUT2D eigenvalue weighted by Crippen LogP contribution is 2.27. The average molecular weight is 497 g/mol. The van der Waals surface area contributed by atoms with Crippen molar-refractivity contribution in [3.8, 4) is 17.0 Å². The van der Waals surface area contributed by atoms with Crippen molar-refractivity contribution in [1.82, 2.24) is 9.97 Å². The summed E-state index contributed by atoms with van der Waals surface area (Å²) in [6.45, 7) is 0.334. The molecule has 0 aliphatic carbocycles. The number of thiazole rings is 1. The van der Waals surface area contributed by atoms with E-state index in [4.69, 9.17) is 10.5 Å². The van der Waals surface area contributed by atoms with Gasteiger partial charge in [-0.15, -0.1) is 11.3 Å². The Bertz CT molecular complexity index is 1250. The Kier molecular flexibility index (Phi) is 6.15. The van der Waals surface area contributed by atoms with E-state index in [1.54, 1.807) is 35.8 Å². The number of benzene rings is 2. The van der Waals surface area contributed by atoms with Gasteiger partial charge in [0.15, 0.2) is 5.13 Å². The summed E-state index contributed by atoms with van der Waals surface area (Å²) < 4.78 is 6.85. The second-order valence-electron chi connectivity index (χ2n) is 6.57. The highest BCUT2D eigenvalue weighted by atomic mass is 79.9. The zero-order chi connectivity index (χ0) is 21.8. The lowest BCUT2D eigenvalue weighted by molar-refractivity contribution is 0.0993. The normalized spacial score (nSPS) is 10.6. The fraction of sp³-hybridized carbons (Fsp3) is 0.0455. The van der Waals surface area contributed by atoms with Crippen LogP contribution in [0.25, 0.3) is 11.3 Å². The Labute approximate surface area is 190 Å². The Balaban J connectivity index is 1.46. The molecule has 7 nitrogen and oxygen atoms in total. The molecule has 31 heavy (non-hydrogen) atoms. The Morgan fingerprint density at radius 3 is 2.77 bits per heavy atom. The molecule has 4 rings (SSSR count). The number of carbonyl (C=O) groups excluding carboxylic acids is 2. The molecule has 4 aromatic rings. The van der Waals surface area contributed by atoms with Crippen LogP contribution in [0.1, 0.15) is 26.4 Å². The lowest BCUT2D eigenvalue weighted by Gasteiger charge is -2.11. The van der Waals surface area contributed by atoms with Crippen LogP contribution in [0.2, 0.25) is 0 Å². The number of aromatic nitrogens is 2. The minimum Gasteiger partial charge on any atom is -0.488 e. The van der Waals surface area contributed by atoms with Gasteiger partial charge in [-0.1, -0.05) is 40.2 Å². The molecule has 2 aromatic heterocycles. The lowest BCUT2D eigenvalue weighted by atomic mass is 10.2.